The number of thiazole rings is 1. The molecule has 3 aromatic carbocycles. The summed E-state index contributed by atoms with van der Waals surface area (Å²) in [5.74, 6) is 0.835. The molecule has 0 atom stereocenters. The number of amides is 1. The standard InChI is InChI=1S/C24H21N5O2S/c1-29-20-5-3-2-4-18(20)26-23(29)28-24-27-19-11-8-16(14-21(19)32-24)22(31)25-13-12-15-6-9-17(30)10-7-15/h2-11,14,30H,12-13H2,1H3,(H,25,31)(H,26,27,28). The Labute approximate surface area is 188 Å². The number of aromatic nitrogens is 3. The van der Waals surface area contributed by atoms with Gasteiger partial charge in [0.2, 0.25) is 5.95 Å². The number of carbonyl (C=O) groups excluding carboxylic acids is 1. The molecule has 0 saturated heterocycles. The summed E-state index contributed by atoms with van der Waals surface area (Å²) in [7, 11) is 1.96. The van der Waals surface area contributed by atoms with E-state index in [1.807, 2.05) is 60.1 Å². The minimum Gasteiger partial charge on any atom is -0.508 e. The lowest BCUT2D eigenvalue weighted by atomic mass is 10.1. The van der Waals surface area contributed by atoms with Crippen LogP contribution in [0.15, 0.2) is 66.7 Å². The third kappa shape index (κ3) is 4.00. The maximum absolute atomic E-state index is 12.6. The first-order valence-corrected chi connectivity index (χ1v) is 11.0. The Morgan fingerprint density at radius 2 is 1.84 bits per heavy atom. The number of nitrogens with zero attached hydrogens (tertiary/aromatic N) is 3. The number of anilines is 2. The Morgan fingerprint density at radius 1 is 1.03 bits per heavy atom. The highest BCUT2D eigenvalue weighted by molar-refractivity contribution is 7.22. The number of phenols is 1. The smallest absolute Gasteiger partial charge is 0.251 e. The van der Waals surface area contributed by atoms with Crippen molar-refractivity contribution < 1.29 is 9.90 Å². The van der Waals surface area contributed by atoms with Crippen molar-refractivity contribution in [1.82, 2.24) is 19.9 Å². The number of hydrogen-bond donors (Lipinski definition) is 3. The summed E-state index contributed by atoms with van der Waals surface area (Å²) in [6, 6.07) is 20.5. The van der Waals surface area contributed by atoms with Gasteiger partial charge in [0, 0.05) is 19.2 Å². The number of fused-ring (bicyclic) bond motifs is 2. The average Bonchev–Trinajstić information content (AvgIpc) is 3.35. The molecule has 0 bridgehead atoms. The van der Waals surface area contributed by atoms with Crippen LogP contribution in [0.5, 0.6) is 5.75 Å². The summed E-state index contributed by atoms with van der Waals surface area (Å²) in [6.45, 7) is 0.518. The average molecular weight is 444 g/mol. The van der Waals surface area contributed by atoms with E-state index in [-0.39, 0.29) is 11.7 Å². The van der Waals surface area contributed by atoms with Crippen molar-refractivity contribution in [2.75, 3.05) is 11.9 Å². The molecule has 2 aromatic heterocycles. The van der Waals surface area contributed by atoms with Gasteiger partial charge in [-0.3, -0.25) is 4.79 Å². The summed E-state index contributed by atoms with van der Waals surface area (Å²) in [5.41, 5.74) is 4.45. The lowest BCUT2D eigenvalue weighted by Crippen LogP contribution is -2.25. The van der Waals surface area contributed by atoms with Crippen LogP contribution in [0.2, 0.25) is 0 Å². The number of carbonyl (C=O) groups is 1. The van der Waals surface area contributed by atoms with Crippen molar-refractivity contribution in [3.63, 3.8) is 0 Å². The molecule has 2 heterocycles. The van der Waals surface area contributed by atoms with Crippen molar-refractivity contribution in [3.05, 3.63) is 77.9 Å². The minimum absolute atomic E-state index is 0.121. The van der Waals surface area contributed by atoms with Gasteiger partial charge in [-0.15, -0.1) is 0 Å². The minimum atomic E-state index is -0.121. The zero-order chi connectivity index (χ0) is 22.1. The van der Waals surface area contributed by atoms with Crippen LogP contribution in [0, 0.1) is 0 Å². The molecule has 0 aliphatic carbocycles. The van der Waals surface area contributed by atoms with E-state index in [9.17, 15) is 9.90 Å². The van der Waals surface area contributed by atoms with E-state index >= 15 is 0 Å². The lowest BCUT2D eigenvalue weighted by molar-refractivity contribution is 0.0954. The third-order valence-corrected chi connectivity index (χ3v) is 6.23. The number of phenolic OH excluding ortho intramolecular Hbond substituents is 1. The van der Waals surface area contributed by atoms with E-state index < -0.39 is 0 Å². The van der Waals surface area contributed by atoms with Crippen molar-refractivity contribution in [3.8, 4) is 5.75 Å². The fourth-order valence-electron chi connectivity index (χ4n) is 3.56. The molecule has 8 heteroatoms. The third-order valence-electron chi connectivity index (χ3n) is 5.29. The lowest BCUT2D eigenvalue weighted by Gasteiger charge is -2.05. The van der Waals surface area contributed by atoms with Crippen LogP contribution in [0.1, 0.15) is 15.9 Å². The van der Waals surface area contributed by atoms with Gasteiger partial charge in [-0.2, -0.15) is 0 Å². The van der Waals surface area contributed by atoms with Gasteiger partial charge in [-0.25, -0.2) is 9.97 Å². The second kappa shape index (κ2) is 8.32. The predicted octanol–water partition coefficient (Wildman–Crippen LogP) is 4.60. The van der Waals surface area contributed by atoms with Crippen molar-refractivity contribution in [2.45, 2.75) is 6.42 Å². The van der Waals surface area contributed by atoms with E-state index in [1.54, 1.807) is 18.2 Å². The predicted molar refractivity (Wildman–Crippen MR) is 128 cm³/mol. The summed E-state index contributed by atoms with van der Waals surface area (Å²) >= 11 is 1.49. The van der Waals surface area contributed by atoms with Crippen LogP contribution in [0.3, 0.4) is 0 Å². The van der Waals surface area contributed by atoms with Gasteiger partial charge < -0.3 is 20.3 Å². The Morgan fingerprint density at radius 3 is 2.66 bits per heavy atom. The molecule has 0 aliphatic heterocycles. The highest BCUT2D eigenvalue weighted by Crippen LogP contribution is 2.29. The topological polar surface area (TPSA) is 92.1 Å². The maximum Gasteiger partial charge on any atom is 0.251 e. The SMILES string of the molecule is Cn1c(Nc2nc3ccc(C(=O)NCCc4ccc(O)cc4)cc3s2)nc2ccccc21. The zero-order valence-electron chi connectivity index (χ0n) is 17.4. The van der Waals surface area contributed by atoms with E-state index in [0.717, 1.165) is 37.9 Å². The molecule has 7 nitrogen and oxygen atoms in total. The zero-order valence-corrected chi connectivity index (χ0v) is 18.2. The fraction of sp³-hybridized carbons (Fsp3) is 0.125. The normalized spacial score (nSPS) is 11.2. The van der Waals surface area contributed by atoms with Crippen LogP contribution in [-0.4, -0.2) is 32.1 Å². The molecule has 32 heavy (non-hydrogen) atoms. The van der Waals surface area contributed by atoms with E-state index in [0.29, 0.717) is 18.5 Å². The fourth-order valence-corrected chi connectivity index (χ4v) is 4.46. The second-order valence-corrected chi connectivity index (χ2v) is 8.51. The molecule has 1 amide bonds. The molecule has 0 radical (unpaired) electrons. The Balaban J connectivity index is 1.28. The number of aryl methyl sites for hydroxylation is 1. The van der Waals surface area contributed by atoms with Gasteiger partial charge in [-0.05, 0) is 54.4 Å². The first-order chi connectivity index (χ1) is 15.6. The van der Waals surface area contributed by atoms with Gasteiger partial charge in [-0.1, -0.05) is 35.6 Å². The van der Waals surface area contributed by atoms with E-state index in [1.165, 1.54) is 11.3 Å². The summed E-state index contributed by atoms with van der Waals surface area (Å²) in [4.78, 5) is 21.8. The number of para-hydroxylation sites is 2. The molecule has 0 spiro atoms. The quantitative estimate of drug-likeness (QED) is 0.357. The van der Waals surface area contributed by atoms with Crippen LogP contribution < -0.4 is 10.6 Å². The van der Waals surface area contributed by atoms with Gasteiger partial charge >= 0.3 is 0 Å². The molecular formula is C24H21N5O2S. The summed E-state index contributed by atoms with van der Waals surface area (Å²) < 4.78 is 2.92. The molecule has 0 fully saturated rings. The molecule has 5 rings (SSSR count). The highest BCUT2D eigenvalue weighted by atomic mass is 32.1. The van der Waals surface area contributed by atoms with Crippen molar-refractivity contribution in [2.24, 2.45) is 7.05 Å². The van der Waals surface area contributed by atoms with Crippen LogP contribution in [0.25, 0.3) is 21.3 Å². The van der Waals surface area contributed by atoms with E-state index in [2.05, 4.69) is 20.6 Å². The largest absolute Gasteiger partial charge is 0.508 e. The van der Waals surface area contributed by atoms with Gasteiger partial charge in [0.25, 0.3) is 5.91 Å². The molecule has 0 unspecified atom stereocenters. The summed E-state index contributed by atoms with van der Waals surface area (Å²) in [5, 5.41) is 16.3. The number of hydrogen-bond acceptors (Lipinski definition) is 6. The van der Waals surface area contributed by atoms with Gasteiger partial charge in [0.1, 0.15) is 5.75 Å². The maximum atomic E-state index is 12.6. The van der Waals surface area contributed by atoms with Gasteiger partial charge in [0.15, 0.2) is 5.13 Å². The van der Waals surface area contributed by atoms with Crippen molar-refractivity contribution >= 4 is 49.6 Å². The van der Waals surface area contributed by atoms with Crippen LogP contribution in [-0.2, 0) is 13.5 Å². The molecule has 0 aliphatic rings. The van der Waals surface area contributed by atoms with Gasteiger partial charge in [0.05, 0.1) is 21.3 Å². The number of rotatable bonds is 6. The van der Waals surface area contributed by atoms with E-state index in [4.69, 9.17) is 0 Å². The molecule has 160 valence electrons. The molecule has 3 N–H and O–H groups in total. The first-order valence-electron chi connectivity index (χ1n) is 10.2. The number of nitrogens with one attached hydrogen (secondary N) is 2. The molecule has 5 aromatic rings. The highest BCUT2D eigenvalue weighted by Gasteiger charge is 2.12. The Kier molecular flexibility index (Phi) is 5.20. The Hall–Kier alpha value is -3.91. The second-order valence-electron chi connectivity index (χ2n) is 7.48. The van der Waals surface area contributed by atoms with Crippen LogP contribution >= 0.6 is 11.3 Å². The number of aromatic hydroxyl groups is 1. The van der Waals surface area contributed by atoms with Crippen molar-refractivity contribution in [1.29, 1.82) is 0 Å². The Bertz CT molecular complexity index is 1420. The number of benzene rings is 3. The summed E-state index contributed by atoms with van der Waals surface area (Å²) in [6.07, 6.45) is 0.695. The monoisotopic (exact) mass is 443 g/mol. The number of imidazole rings is 1. The van der Waals surface area contributed by atoms with Crippen LogP contribution in [0.4, 0.5) is 11.1 Å². The molecular weight excluding hydrogens is 422 g/mol. The molecule has 0 saturated carbocycles. The first kappa shape index (κ1) is 20.0.